The van der Waals surface area contributed by atoms with E-state index in [2.05, 4.69) is 20.9 Å². The van der Waals surface area contributed by atoms with E-state index in [0.717, 1.165) is 18.4 Å². The van der Waals surface area contributed by atoms with Crippen LogP contribution in [-0.4, -0.2) is 4.98 Å². The maximum Gasteiger partial charge on any atom is 0.0852 e. The quantitative estimate of drug-likeness (QED) is 0.680. The van der Waals surface area contributed by atoms with E-state index in [0.29, 0.717) is 10.4 Å². The molecule has 0 saturated heterocycles. The van der Waals surface area contributed by atoms with Crippen molar-refractivity contribution in [2.75, 3.05) is 0 Å². The first kappa shape index (κ1) is 3.86. The highest BCUT2D eigenvalue weighted by Gasteiger charge is 2.24. The Balaban J connectivity index is 2.62. The summed E-state index contributed by atoms with van der Waals surface area (Å²) in [6, 6.07) is 0.172. The summed E-state index contributed by atoms with van der Waals surface area (Å²) in [7, 11) is 0. The van der Waals surface area contributed by atoms with Crippen molar-refractivity contribution in [2.24, 2.45) is 0 Å². The van der Waals surface area contributed by atoms with Crippen LogP contribution in [0.3, 0.4) is 0 Å². The maximum atomic E-state index is 7.64. The van der Waals surface area contributed by atoms with Gasteiger partial charge in [0.05, 0.1) is 4.11 Å². The molecular weight excluding hydrogens is 190 g/mol. The third-order valence-corrected chi connectivity index (χ3v) is 2.23. The minimum absolute atomic E-state index is 0.0721. The lowest BCUT2D eigenvalue weighted by molar-refractivity contribution is 1.09. The van der Waals surface area contributed by atoms with Gasteiger partial charge in [-0.25, -0.2) is 0 Å². The zero-order chi connectivity index (χ0) is 9.59. The molecule has 0 aromatic carbocycles. The van der Waals surface area contributed by atoms with Crippen LogP contribution in [0.5, 0.6) is 0 Å². The Morgan fingerprint density at radius 1 is 1.70 bits per heavy atom. The number of hydrogen-bond donors (Lipinski definition) is 0. The summed E-state index contributed by atoms with van der Waals surface area (Å²) >= 11 is 3.25. The molecule has 0 aliphatic heterocycles. The molecule has 1 heterocycles. The van der Waals surface area contributed by atoms with Gasteiger partial charge >= 0.3 is 0 Å². The van der Waals surface area contributed by atoms with E-state index in [1.807, 2.05) is 0 Å². The molecule has 1 aromatic rings. The van der Waals surface area contributed by atoms with E-state index in [-0.39, 0.29) is 18.4 Å². The molecule has 1 fully saturated rings. The molecule has 0 unspecified atom stereocenters. The van der Waals surface area contributed by atoms with Gasteiger partial charge in [-0.15, -0.1) is 0 Å². The number of pyridine rings is 1. The lowest BCUT2D eigenvalue weighted by atomic mass is 10.2. The van der Waals surface area contributed by atoms with Gasteiger partial charge in [-0.2, -0.15) is 0 Å². The Hall–Kier alpha value is -0.370. The normalized spacial score (nSPS) is 21.5. The van der Waals surface area contributed by atoms with Crippen molar-refractivity contribution < 1.29 is 4.11 Å². The van der Waals surface area contributed by atoms with Crippen LogP contribution < -0.4 is 0 Å². The van der Waals surface area contributed by atoms with E-state index in [4.69, 9.17) is 4.11 Å². The molecule has 1 nitrogen and oxygen atoms in total. The summed E-state index contributed by atoms with van der Waals surface area (Å²) in [5.41, 5.74) is 0.796. The third kappa shape index (κ3) is 1.08. The molecular formula is C8H8BrN. The predicted octanol–water partition coefficient (Wildman–Crippen LogP) is 2.72. The Bertz CT molecular complexity index is 337. The van der Waals surface area contributed by atoms with Crippen LogP contribution in [0.25, 0.3) is 0 Å². The van der Waals surface area contributed by atoms with Crippen molar-refractivity contribution in [3.05, 3.63) is 28.4 Å². The Labute approximate surface area is 72.8 Å². The van der Waals surface area contributed by atoms with Gasteiger partial charge in [0.25, 0.3) is 0 Å². The van der Waals surface area contributed by atoms with Gasteiger partial charge in [0.2, 0.25) is 0 Å². The van der Waals surface area contributed by atoms with E-state index >= 15 is 0 Å². The lowest BCUT2D eigenvalue weighted by Crippen LogP contribution is -1.81. The molecule has 0 atom stereocenters. The minimum atomic E-state index is -0.0879. The molecule has 52 valence electrons. The lowest BCUT2D eigenvalue weighted by Gasteiger charge is -1.98. The number of rotatable bonds is 1. The second-order valence-electron chi connectivity index (χ2n) is 2.46. The van der Waals surface area contributed by atoms with Crippen LogP contribution in [-0.2, 0) is 0 Å². The fourth-order valence-electron chi connectivity index (χ4n) is 0.934. The highest BCUT2D eigenvalue weighted by molar-refractivity contribution is 9.10. The molecule has 1 saturated carbocycles. The van der Waals surface area contributed by atoms with Gasteiger partial charge in [-0.05, 0) is 46.3 Å². The Morgan fingerprint density at radius 3 is 3.20 bits per heavy atom. The van der Waals surface area contributed by atoms with Crippen LogP contribution in [0.2, 0.25) is 0 Å². The Morgan fingerprint density at radius 2 is 2.50 bits per heavy atom. The molecule has 2 heteroatoms. The summed E-state index contributed by atoms with van der Waals surface area (Å²) in [5, 5.41) is 0. The standard InChI is InChI=1S/C8H8BrN/c9-8-5-10-4-3-7(8)6-1-2-6/h3-6H,1-2H2/i3D,4D,5D. The summed E-state index contributed by atoms with van der Waals surface area (Å²) < 4.78 is 23.1. The highest BCUT2D eigenvalue weighted by atomic mass is 79.9. The molecule has 1 aliphatic rings. The van der Waals surface area contributed by atoms with Crippen LogP contribution in [0.15, 0.2) is 22.9 Å². The first-order chi connectivity index (χ1) is 6.11. The highest BCUT2D eigenvalue weighted by Crippen LogP contribution is 2.42. The summed E-state index contributed by atoms with van der Waals surface area (Å²) in [6.07, 6.45) is 2.11. The fourth-order valence-corrected chi connectivity index (χ4v) is 1.45. The molecule has 0 spiro atoms. The molecule has 0 N–H and O–H groups in total. The topological polar surface area (TPSA) is 12.9 Å². The van der Waals surface area contributed by atoms with Crippen molar-refractivity contribution in [1.29, 1.82) is 0 Å². The second kappa shape index (κ2) is 2.35. The van der Waals surface area contributed by atoms with E-state index in [1.165, 1.54) is 0 Å². The zero-order valence-corrected chi connectivity index (χ0v) is 6.90. The van der Waals surface area contributed by atoms with E-state index in [9.17, 15) is 0 Å². The molecule has 0 amide bonds. The summed E-state index contributed by atoms with van der Waals surface area (Å²) in [5.74, 6) is 0.373. The molecule has 0 bridgehead atoms. The smallest absolute Gasteiger partial charge is 0.0852 e. The SMILES string of the molecule is [2H]c1nc([2H])c(Br)c(C2CC2)c1[2H]. The average Bonchev–Trinajstić information content (AvgIpc) is 2.85. The van der Waals surface area contributed by atoms with E-state index in [1.54, 1.807) is 0 Å². The first-order valence-electron chi connectivity index (χ1n) is 4.74. The zero-order valence-electron chi connectivity index (χ0n) is 8.32. The van der Waals surface area contributed by atoms with Crippen molar-refractivity contribution >= 4 is 15.9 Å². The number of halogens is 1. The second-order valence-corrected chi connectivity index (χ2v) is 3.26. The predicted molar refractivity (Wildman–Crippen MR) is 43.9 cm³/mol. The fraction of sp³-hybridized carbons (Fsp3) is 0.375. The van der Waals surface area contributed by atoms with Crippen LogP contribution in [0.1, 0.15) is 28.4 Å². The maximum absolute atomic E-state index is 7.64. The van der Waals surface area contributed by atoms with Gasteiger partial charge in [0.15, 0.2) is 0 Å². The van der Waals surface area contributed by atoms with Gasteiger partial charge in [0.1, 0.15) is 0 Å². The third-order valence-electron chi connectivity index (χ3n) is 1.62. The molecule has 10 heavy (non-hydrogen) atoms. The van der Waals surface area contributed by atoms with Crippen molar-refractivity contribution in [1.82, 2.24) is 4.98 Å². The van der Waals surface area contributed by atoms with Gasteiger partial charge < -0.3 is 0 Å². The molecule has 1 aliphatic carbocycles. The molecule has 0 radical (unpaired) electrons. The monoisotopic (exact) mass is 200 g/mol. The number of aromatic nitrogens is 1. The van der Waals surface area contributed by atoms with Crippen molar-refractivity contribution in [3.63, 3.8) is 0 Å². The van der Waals surface area contributed by atoms with Gasteiger partial charge in [-0.3, -0.25) is 4.98 Å². The molecule has 1 aromatic heterocycles. The van der Waals surface area contributed by atoms with Crippen LogP contribution in [0, 0.1) is 0 Å². The Kier molecular flexibility index (Phi) is 0.906. The van der Waals surface area contributed by atoms with Crippen LogP contribution >= 0.6 is 15.9 Å². The van der Waals surface area contributed by atoms with Gasteiger partial charge in [-0.1, -0.05) is 0 Å². The number of hydrogen-bond acceptors (Lipinski definition) is 1. The van der Waals surface area contributed by atoms with Gasteiger partial charge in [0, 0.05) is 16.8 Å². The summed E-state index contributed by atoms with van der Waals surface area (Å²) in [4.78, 5) is 3.64. The van der Waals surface area contributed by atoms with E-state index < -0.39 is 0 Å². The minimum Gasteiger partial charge on any atom is -0.264 e. The summed E-state index contributed by atoms with van der Waals surface area (Å²) in [6.45, 7) is 0. The number of nitrogens with zero attached hydrogens (tertiary/aromatic N) is 1. The first-order valence-corrected chi connectivity index (χ1v) is 4.03. The van der Waals surface area contributed by atoms with Crippen molar-refractivity contribution in [3.8, 4) is 0 Å². The van der Waals surface area contributed by atoms with Crippen LogP contribution in [0.4, 0.5) is 0 Å². The largest absolute Gasteiger partial charge is 0.264 e. The van der Waals surface area contributed by atoms with Crippen molar-refractivity contribution in [2.45, 2.75) is 18.8 Å². The average molecular weight is 201 g/mol. The molecule has 2 rings (SSSR count).